The van der Waals surface area contributed by atoms with E-state index < -0.39 is 48.1 Å². The Kier molecular flexibility index (Phi) is 10.5. The van der Waals surface area contributed by atoms with Gasteiger partial charge in [0.05, 0.1) is 12.1 Å². The maximum absolute atomic E-state index is 14.4. The van der Waals surface area contributed by atoms with Gasteiger partial charge in [-0.15, -0.1) is 22.7 Å². The molecule has 0 saturated carbocycles. The summed E-state index contributed by atoms with van der Waals surface area (Å²) in [6.45, 7) is 6.22. The van der Waals surface area contributed by atoms with Crippen LogP contribution in [0.1, 0.15) is 87.8 Å². The third kappa shape index (κ3) is 7.63. The van der Waals surface area contributed by atoms with Crippen molar-refractivity contribution in [1.29, 1.82) is 0 Å². The summed E-state index contributed by atoms with van der Waals surface area (Å²) in [6.07, 6.45) is 1.48. The number of carbonyl (C=O) groups is 4. The van der Waals surface area contributed by atoms with E-state index in [0.29, 0.717) is 35.3 Å². The van der Waals surface area contributed by atoms with Gasteiger partial charge in [-0.05, 0) is 43.2 Å². The number of ether oxygens (including phenoxy) is 1. The quantitative estimate of drug-likeness (QED) is 0.269. The molecule has 3 N–H and O–H groups in total. The summed E-state index contributed by atoms with van der Waals surface area (Å²) in [7, 11) is 0. The topological polar surface area (TPSA) is 155 Å². The second-order valence-electron chi connectivity index (χ2n) is 13.7. The van der Waals surface area contributed by atoms with E-state index in [1.807, 2.05) is 74.5 Å². The van der Waals surface area contributed by atoms with E-state index in [-0.39, 0.29) is 35.5 Å². The Labute approximate surface area is 310 Å². The molecule has 5 heterocycles. The normalized spacial score (nSPS) is 25.4. The number of hydrogen-bond donors (Lipinski definition) is 3. The van der Waals surface area contributed by atoms with Crippen LogP contribution in [0.15, 0.2) is 76.4 Å². The number of carbonyl (C=O) groups excluding carboxylic acids is 4. The number of benzene rings is 2. The molecule has 7 rings (SSSR count). The number of fused-ring (bicyclic) bond motifs is 7. The number of nitrogens with one attached hydrogen (secondary N) is 3. The SMILES string of the molecule is CC(C)[C@@H]1NC(=O)[C@H]2N=C(O[C@@H]2C)[C@@H]2CCCN2C(=O)[C@@H](Cc2ccccc2)NC(=O)c2csc(n2)[C@H](Cc2ccccc2)NC(=O)c2csc1n2. The number of thiazole rings is 2. The Balaban J connectivity index is 1.27. The van der Waals surface area contributed by atoms with E-state index in [0.717, 1.165) is 17.5 Å². The van der Waals surface area contributed by atoms with Gasteiger partial charge in [0.2, 0.25) is 17.7 Å². The lowest BCUT2D eigenvalue weighted by Crippen LogP contribution is -2.52. The molecule has 0 radical (unpaired) electrons. The average Bonchev–Trinajstić information content (AvgIpc) is 3.97. The first-order chi connectivity index (χ1) is 25.1. The molecular weight excluding hydrogens is 699 g/mol. The third-order valence-electron chi connectivity index (χ3n) is 9.62. The zero-order valence-electron chi connectivity index (χ0n) is 29.2. The third-order valence-corrected chi connectivity index (χ3v) is 11.5. The summed E-state index contributed by atoms with van der Waals surface area (Å²) in [5, 5.41) is 13.7. The van der Waals surface area contributed by atoms with Crippen LogP contribution in [0.25, 0.3) is 0 Å². The van der Waals surface area contributed by atoms with Crippen LogP contribution in [0.4, 0.5) is 0 Å². The molecule has 6 bridgehead atoms. The van der Waals surface area contributed by atoms with Gasteiger partial charge in [0.1, 0.15) is 39.6 Å². The van der Waals surface area contributed by atoms with Crippen molar-refractivity contribution >= 4 is 52.2 Å². The van der Waals surface area contributed by atoms with E-state index >= 15 is 0 Å². The number of amides is 4. The van der Waals surface area contributed by atoms with Gasteiger partial charge in [-0.3, -0.25) is 19.2 Å². The van der Waals surface area contributed by atoms with E-state index in [4.69, 9.17) is 14.7 Å². The van der Waals surface area contributed by atoms with Crippen LogP contribution in [-0.2, 0) is 27.2 Å². The molecule has 0 spiro atoms. The summed E-state index contributed by atoms with van der Waals surface area (Å²) in [6, 6.07) is 16.0. The van der Waals surface area contributed by atoms with Gasteiger partial charge in [-0.2, -0.15) is 0 Å². The molecule has 6 atom stereocenters. The molecule has 2 aromatic heterocycles. The smallest absolute Gasteiger partial charge is 0.271 e. The van der Waals surface area contributed by atoms with Gasteiger partial charge in [0.25, 0.3) is 11.8 Å². The molecule has 3 aliphatic rings. The van der Waals surface area contributed by atoms with Crippen molar-refractivity contribution in [2.45, 2.75) is 82.8 Å². The highest BCUT2D eigenvalue weighted by Crippen LogP contribution is 2.30. The van der Waals surface area contributed by atoms with Crippen LogP contribution < -0.4 is 16.0 Å². The number of hydrogen-bond acceptors (Lipinski definition) is 10. The maximum atomic E-state index is 14.4. The van der Waals surface area contributed by atoms with Crippen molar-refractivity contribution in [3.8, 4) is 0 Å². The molecule has 270 valence electrons. The first kappa shape index (κ1) is 35.5. The lowest BCUT2D eigenvalue weighted by molar-refractivity contribution is -0.133. The molecule has 2 aromatic carbocycles. The molecule has 14 heteroatoms. The maximum Gasteiger partial charge on any atom is 0.271 e. The van der Waals surface area contributed by atoms with Crippen LogP contribution >= 0.6 is 22.7 Å². The van der Waals surface area contributed by atoms with E-state index in [9.17, 15) is 19.2 Å². The average molecular weight is 740 g/mol. The summed E-state index contributed by atoms with van der Waals surface area (Å²) in [4.78, 5) is 71.6. The van der Waals surface area contributed by atoms with Crippen molar-refractivity contribution in [3.63, 3.8) is 0 Å². The fourth-order valence-corrected chi connectivity index (χ4v) is 8.72. The van der Waals surface area contributed by atoms with E-state index in [1.165, 1.54) is 22.7 Å². The highest BCUT2D eigenvalue weighted by Gasteiger charge is 2.43. The lowest BCUT2D eigenvalue weighted by Gasteiger charge is -2.29. The zero-order valence-corrected chi connectivity index (χ0v) is 30.8. The lowest BCUT2D eigenvalue weighted by atomic mass is 10.0. The first-order valence-electron chi connectivity index (χ1n) is 17.6. The molecule has 0 aliphatic carbocycles. The fraction of sp³-hybridized carbons (Fsp3) is 0.395. The van der Waals surface area contributed by atoms with Gasteiger partial charge in [0.15, 0.2) is 6.04 Å². The zero-order chi connectivity index (χ0) is 36.4. The highest BCUT2D eigenvalue weighted by molar-refractivity contribution is 7.10. The minimum absolute atomic E-state index is 0.0391. The second-order valence-corrected chi connectivity index (χ2v) is 15.5. The number of aromatic nitrogens is 2. The highest BCUT2D eigenvalue weighted by atomic mass is 32.1. The first-order valence-corrected chi connectivity index (χ1v) is 19.4. The molecule has 52 heavy (non-hydrogen) atoms. The van der Waals surface area contributed by atoms with Crippen molar-refractivity contribution in [3.05, 3.63) is 104 Å². The Morgan fingerprint density at radius 2 is 1.38 bits per heavy atom. The van der Waals surface area contributed by atoms with Crippen LogP contribution in [0.5, 0.6) is 0 Å². The molecule has 3 aliphatic heterocycles. The standard InChI is InChI=1S/C38H41N7O5S2/c1-21(2)30-37-42-28(20-52-37)32(46)39-25(17-23-11-6-4-7-12-23)36-41-27(19-51-36)33(47)40-26(18-24-13-8-5-9-14-24)38(49)45-16-10-15-29(45)35-44-31(22(3)50-35)34(48)43-30/h4-9,11-14,19-22,25-26,29-31H,10,15-18H2,1-3H3,(H,39,46)(H,40,47)(H,43,48)/t22-,25+,26-,29+,30+,31+/m1/s1. The molecule has 1 saturated heterocycles. The molecule has 0 unspecified atom stereocenters. The summed E-state index contributed by atoms with van der Waals surface area (Å²) in [5.41, 5.74) is 2.24. The van der Waals surface area contributed by atoms with Gasteiger partial charge in [-0.25, -0.2) is 15.0 Å². The Bertz CT molecular complexity index is 1960. The number of rotatable bonds is 5. The molecule has 4 aromatic rings. The van der Waals surface area contributed by atoms with Crippen LogP contribution in [0.2, 0.25) is 0 Å². The number of aliphatic imine (C=N–C) groups is 1. The summed E-state index contributed by atoms with van der Waals surface area (Å²) >= 11 is 2.57. The van der Waals surface area contributed by atoms with Crippen molar-refractivity contribution in [2.75, 3.05) is 6.54 Å². The summed E-state index contributed by atoms with van der Waals surface area (Å²) in [5.74, 6) is -1.17. The molecular formula is C38H41N7O5S2. The van der Waals surface area contributed by atoms with Gasteiger partial charge in [0, 0.05) is 23.7 Å². The largest absolute Gasteiger partial charge is 0.474 e. The monoisotopic (exact) mass is 739 g/mol. The predicted octanol–water partition coefficient (Wildman–Crippen LogP) is 4.66. The van der Waals surface area contributed by atoms with Gasteiger partial charge < -0.3 is 25.6 Å². The summed E-state index contributed by atoms with van der Waals surface area (Å²) < 4.78 is 6.19. The van der Waals surface area contributed by atoms with Crippen LogP contribution in [0, 0.1) is 5.92 Å². The van der Waals surface area contributed by atoms with Crippen molar-refractivity contribution in [1.82, 2.24) is 30.8 Å². The molecule has 1 fully saturated rings. The fourth-order valence-electron chi connectivity index (χ4n) is 6.85. The van der Waals surface area contributed by atoms with Gasteiger partial charge >= 0.3 is 0 Å². The van der Waals surface area contributed by atoms with E-state index in [1.54, 1.807) is 22.6 Å². The van der Waals surface area contributed by atoms with Crippen molar-refractivity contribution in [2.24, 2.45) is 10.9 Å². The number of nitrogens with zero attached hydrogens (tertiary/aromatic N) is 4. The van der Waals surface area contributed by atoms with Crippen molar-refractivity contribution < 1.29 is 23.9 Å². The van der Waals surface area contributed by atoms with Gasteiger partial charge in [-0.1, -0.05) is 74.5 Å². The Morgan fingerprint density at radius 3 is 2.02 bits per heavy atom. The molecule has 12 nitrogen and oxygen atoms in total. The van der Waals surface area contributed by atoms with E-state index in [2.05, 4.69) is 20.9 Å². The van der Waals surface area contributed by atoms with Crippen LogP contribution in [0.3, 0.4) is 0 Å². The van der Waals surface area contributed by atoms with Crippen LogP contribution in [-0.4, -0.2) is 75.2 Å². The second kappa shape index (κ2) is 15.3. The minimum atomic E-state index is -0.904. The minimum Gasteiger partial charge on any atom is -0.474 e. The predicted molar refractivity (Wildman–Crippen MR) is 198 cm³/mol. The Morgan fingerprint density at radius 1 is 0.808 bits per heavy atom. The molecule has 4 amide bonds. The Hall–Kier alpha value is -4.95.